The first-order valence-corrected chi connectivity index (χ1v) is 7.94. The van der Waals surface area contributed by atoms with Crippen LogP contribution in [0.25, 0.3) is 6.08 Å². The first kappa shape index (κ1) is 18.7. The molecular weight excluding hydrogens is 340 g/mol. The number of carbonyl (C=O) groups excluding carboxylic acids is 2. The van der Waals surface area contributed by atoms with E-state index in [2.05, 4.69) is 6.58 Å². The smallest absolute Gasteiger partial charge is 0.265 e. The second-order valence-electron chi connectivity index (χ2n) is 5.48. The molecule has 2 rings (SSSR count). The zero-order chi connectivity index (χ0) is 18.7. The standard InChI is InChI=1S/C18H20N2O4S/c1-6-7-12-8-11(10-14(23-4)15(12)24-5)9-13-16(21)19(2)18(25)20(3)17(13)22/h6,8-10H,1,7H2,2-5H3. The Morgan fingerprint density at radius 3 is 2.20 bits per heavy atom. The summed E-state index contributed by atoms with van der Waals surface area (Å²) in [6.45, 7) is 3.74. The van der Waals surface area contributed by atoms with E-state index in [0.717, 1.165) is 5.56 Å². The number of ether oxygens (including phenoxy) is 2. The van der Waals surface area contributed by atoms with Crippen LogP contribution < -0.4 is 9.47 Å². The fourth-order valence-corrected chi connectivity index (χ4v) is 2.76. The molecule has 25 heavy (non-hydrogen) atoms. The van der Waals surface area contributed by atoms with Gasteiger partial charge in [0, 0.05) is 19.7 Å². The Labute approximate surface area is 152 Å². The van der Waals surface area contributed by atoms with Crippen molar-refractivity contribution in [3.8, 4) is 11.5 Å². The number of allylic oxidation sites excluding steroid dienone is 1. The molecule has 6 nitrogen and oxygen atoms in total. The van der Waals surface area contributed by atoms with Gasteiger partial charge in [0.15, 0.2) is 16.6 Å². The predicted molar refractivity (Wildman–Crippen MR) is 99.6 cm³/mol. The SMILES string of the molecule is C=CCc1cc(C=C2C(=O)N(C)C(=S)N(C)C2=O)cc(OC)c1OC. The van der Waals surface area contributed by atoms with Crippen molar-refractivity contribution in [2.45, 2.75) is 6.42 Å². The average molecular weight is 360 g/mol. The Morgan fingerprint density at radius 1 is 1.12 bits per heavy atom. The largest absolute Gasteiger partial charge is 0.493 e. The Bertz CT molecular complexity index is 760. The third-order valence-corrected chi connectivity index (χ3v) is 4.45. The molecule has 0 aromatic heterocycles. The topological polar surface area (TPSA) is 59.1 Å². The summed E-state index contributed by atoms with van der Waals surface area (Å²) in [6, 6.07) is 3.55. The molecule has 1 aliphatic heterocycles. The lowest BCUT2D eigenvalue weighted by molar-refractivity contribution is -0.132. The van der Waals surface area contributed by atoms with Gasteiger partial charge in [-0.1, -0.05) is 6.08 Å². The molecule has 0 spiro atoms. The van der Waals surface area contributed by atoms with E-state index in [1.54, 1.807) is 33.3 Å². The van der Waals surface area contributed by atoms with E-state index in [-0.39, 0.29) is 10.7 Å². The molecule has 1 aromatic carbocycles. The normalized spacial score (nSPS) is 14.7. The molecule has 7 heteroatoms. The summed E-state index contributed by atoms with van der Waals surface area (Å²) >= 11 is 5.09. The number of amides is 2. The first-order chi connectivity index (χ1) is 11.8. The first-order valence-electron chi connectivity index (χ1n) is 7.53. The van der Waals surface area contributed by atoms with Crippen LogP contribution in [0.2, 0.25) is 0 Å². The van der Waals surface area contributed by atoms with Gasteiger partial charge in [0.1, 0.15) is 5.57 Å². The van der Waals surface area contributed by atoms with E-state index in [4.69, 9.17) is 21.7 Å². The van der Waals surface area contributed by atoms with E-state index in [1.807, 2.05) is 6.07 Å². The summed E-state index contributed by atoms with van der Waals surface area (Å²) in [6.07, 6.45) is 3.83. The van der Waals surface area contributed by atoms with Gasteiger partial charge in [0.05, 0.1) is 14.2 Å². The molecule has 2 amide bonds. The lowest BCUT2D eigenvalue weighted by Crippen LogP contribution is -2.52. The molecular formula is C18H20N2O4S. The van der Waals surface area contributed by atoms with Crippen LogP contribution in [0, 0.1) is 0 Å². The third kappa shape index (κ3) is 3.41. The maximum absolute atomic E-state index is 12.4. The molecule has 0 radical (unpaired) electrons. The van der Waals surface area contributed by atoms with Gasteiger partial charge in [-0.15, -0.1) is 6.58 Å². The molecule has 1 saturated heterocycles. The molecule has 0 bridgehead atoms. The maximum Gasteiger partial charge on any atom is 0.265 e. The molecule has 0 N–H and O–H groups in total. The molecule has 1 aliphatic rings. The number of nitrogens with zero attached hydrogens (tertiary/aromatic N) is 2. The zero-order valence-electron chi connectivity index (χ0n) is 14.7. The minimum atomic E-state index is -0.437. The average Bonchev–Trinajstić information content (AvgIpc) is 2.61. The zero-order valence-corrected chi connectivity index (χ0v) is 15.5. The van der Waals surface area contributed by atoms with Crippen LogP contribution in [0.3, 0.4) is 0 Å². The molecule has 1 fully saturated rings. The van der Waals surface area contributed by atoms with Crippen LogP contribution in [0.15, 0.2) is 30.4 Å². The number of hydrogen-bond acceptors (Lipinski definition) is 5. The summed E-state index contributed by atoms with van der Waals surface area (Å²) in [5, 5.41) is 0.173. The monoisotopic (exact) mass is 360 g/mol. The highest BCUT2D eigenvalue weighted by Crippen LogP contribution is 2.34. The Kier molecular flexibility index (Phi) is 5.58. The van der Waals surface area contributed by atoms with Crippen molar-refractivity contribution in [1.29, 1.82) is 0 Å². The number of carbonyl (C=O) groups is 2. The van der Waals surface area contributed by atoms with Gasteiger partial charge < -0.3 is 9.47 Å². The van der Waals surface area contributed by atoms with Crippen molar-refractivity contribution in [3.63, 3.8) is 0 Å². The highest BCUT2D eigenvalue weighted by atomic mass is 32.1. The minimum Gasteiger partial charge on any atom is -0.493 e. The van der Waals surface area contributed by atoms with Crippen molar-refractivity contribution in [2.24, 2.45) is 0 Å². The van der Waals surface area contributed by atoms with Crippen LogP contribution in [-0.4, -0.2) is 55.0 Å². The van der Waals surface area contributed by atoms with Gasteiger partial charge >= 0.3 is 0 Å². The van der Waals surface area contributed by atoms with E-state index in [0.29, 0.717) is 23.5 Å². The molecule has 132 valence electrons. The van der Waals surface area contributed by atoms with Crippen LogP contribution in [-0.2, 0) is 16.0 Å². The molecule has 0 saturated carbocycles. The quantitative estimate of drug-likeness (QED) is 0.348. The second kappa shape index (κ2) is 7.48. The van der Waals surface area contributed by atoms with Crippen molar-refractivity contribution in [2.75, 3.05) is 28.3 Å². The van der Waals surface area contributed by atoms with E-state index < -0.39 is 11.8 Å². The van der Waals surface area contributed by atoms with Gasteiger partial charge in [-0.25, -0.2) is 0 Å². The van der Waals surface area contributed by atoms with Gasteiger partial charge in [-0.2, -0.15) is 0 Å². The van der Waals surface area contributed by atoms with Gasteiger partial charge in [-0.05, 0) is 42.4 Å². The summed E-state index contributed by atoms with van der Waals surface area (Å²) < 4.78 is 10.8. The number of thiocarbonyl (C=S) groups is 1. The molecule has 1 aromatic rings. The van der Waals surface area contributed by atoms with Crippen molar-refractivity contribution in [3.05, 3.63) is 41.5 Å². The second-order valence-corrected chi connectivity index (χ2v) is 5.84. The number of rotatable bonds is 5. The summed E-state index contributed by atoms with van der Waals surface area (Å²) in [7, 11) is 6.17. The highest BCUT2D eigenvalue weighted by Gasteiger charge is 2.35. The van der Waals surface area contributed by atoms with E-state index >= 15 is 0 Å². The molecule has 1 heterocycles. The van der Waals surface area contributed by atoms with Crippen LogP contribution in [0.5, 0.6) is 11.5 Å². The van der Waals surface area contributed by atoms with Crippen molar-refractivity contribution in [1.82, 2.24) is 9.80 Å². The van der Waals surface area contributed by atoms with Crippen LogP contribution >= 0.6 is 12.2 Å². The van der Waals surface area contributed by atoms with Crippen molar-refractivity contribution >= 4 is 35.2 Å². The van der Waals surface area contributed by atoms with Crippen LogP contribution in [0.1, 0.15) is 11.1 Å². The third-order valence-electron chi connectivity index (χ3n) is 3.90. The maximum atomic E-state index is 12.4. The van der Waals surface area contributed by atoms with Gasteiger partial charge in [-0.3, -0.25) is 19.4 Å². The molecule has 0 unspecified atom stereocenters. The molecule has 0 aliphatic carbocycles. The summed E-state index contributed by atoms with van der Waals surface area (Å²) in [4.78, 5) is 27.4. The highest BCUT2D eigenvalue weighted by molar-refractivity contribution is 7.80. The predicted octanol–water partition coefficient (Wildman–Crippen LogP) is 2.03. The van der Waals surface area contributed by atoms with E-state index in [9.17, 15) is 9.59 Å². The number of hydrogen-bond donors (Lipinski definition) is 0. The fourth-order valence-electron chi connectivity index (χ4n) is 2.60. The number of methoxy groups -OCH3 is 2. The van der Waals surface area contributed by atoms with Crippen molar-refractivity contribution < 1.29 is 19.1 Å². The Hall–Kier alpha value is -2.67. The van der Waals surface area contributed by atoms with E-state index in [1.165, 1.54) is 23.0 Å². The van der Waals surface area contributed by atoms with Gasteiger partial charge in [0.2, 0.25) is 0 Å². The summed E-state index contributed by atoms with van der Waals surface area (Å²) in [5.74, 6) is 0.240. The Morgan fingerprint density at radius 2 is 1.72 bits per heavy atom. The minimum absolute atomic E-state index is 0.0374. The van der Waals surface area contributed by atoms with Gasteiger partial charge in [0.25, 0.3) is 11.8 Å². The fraction of sp³-hybridized carbons (Fsp3) is 0.278. The van der Waals surface area contributed by atoms with Crippen LogP contribution in [0.4, 0.5) is 0 Å². The lowest BCUT2D eigenvalue weighted by Gasteiger charge is -2.31. The molecule has 0 atom stereocenters. The summed E-state index contributed by atoms with van der Waals surface area (Å²) in [5.41, 5.74) is 1.54. The number of benzene rings is 1. The Balaban J connectivity index is 2.57. The lowest BCUT2D eigenvalue weighted by atomic mass is 10.0. The number of likely N-dealkylation sites (N-methyl/N-ethyl adjacent to an activating group) is 2.